The first-order chi connectivity index (χ1) is 16.0. The number of benzene rings is 1. The average Bonchev–Trinajstić information content (AvgIpc) is 3.22. The summed E-state index contributed by atoms with van der Waals surface area (Å²) in [4.78, 5) is 14.7. The summed E-state index contributed by atoms with van der Waals surface area (Å²) < 4.78 is 10.8. The number of β-amino-alcohol motifs (C(OH)–C–C–N with tert-alkyl or cyclic N) is 1. The zero-order chi connectivity index (χ0) is 23.9. The largest absolute Gasteiger partial charge is 0.494 e. The lowest BCUT2D eigenvalue weighted by atomic mass is 10.0. The molecule has 2 rings (SSSR count). The maximum atomic E-state index is 12.6. The molecule has 33 heavy (non-hydrogen) atoms. The summed E-state index contributed by atoms with van der Waals surface area (Å²) in [5.41, 5.74) is 0.751. The number of rotatable bonds is 17. The Kier molecular flexibility index (Phi) is 13.4. The van der Waals surface area contributed by atoms with E-state index in [1.807, 2.05) is 24.3 Å². The second kappa shape index (κ2) is 16.0. The average molecular weight is 465 g/mol. The van der Waals surface area contributed by atoms with E-state index in [1.54, 1.807) is 7.11 Å². The Morgan fingerprint density at radius 2 is 1.85 bits per heavy atom. The van der Waals surface area contributed by atoms with Gasteiger partial charge in [-0.2, -0.15) is 0 Å². The van der Waals surface area contributed by atoms with Gasteiger partial charge >= 0.3 is 0 Å². The fraction of sp³-hybridized carbons (Fsp3) is 0.731. The van der Waals surface area contributed by atoms with Crippen LogP contribution in [-0.2, 0) is 9.53 Å². The molecule has 1 aromatic carbocycles. The Bertz CT molecular complexity index is 655. The number of nitrogens with one attached hydrogen (secondary N) is 1. The van der Waals surface area contributed by atoms with Gasteiger partial charge in [0.1, 0.15) is 11.9 Å². The lowest BCUT2D eigenvalue weighted by Gasteiger charge is -2.29. The van der Waals surface area contributed by atoms with Crippen LogP contribution in [0.15, 0.2) is 24.3 Å². The van der Waals surface area contributed by atoms with Crippen LogP contribution in [0.25, 0.3) is 0 Å². The molecule has 3 atom stereocenters. The number of methoxy groups -OCH3 is 1. The van der Waals surface area contributed by atoms with Crippen molar-refractivity contribution >= 4 is 5.91 Å². The third kappa shape index (κ3) is 10.9. The second-order valence-electron chi connectivity index (χ2n) is 9.10. The molecule has 1 saturated heterocycles. The number of aliphatic hydroxyl groups is 2. The SMILES string of the molecule is CCCCOc1ccc([C@H](O)[C@@H](CN2CC[C@H](O)C2)NC(=O)CCCCCCCOC)cc1. The monoisotopic (exact) mass is 464 g/mol. The van der Waals surface area contributed by atoms with Gasteiger partial charge in [-0.25, -0.2) is 0 Å². The quantitative estimate of drug-likeness (QED) is 0.306. The Labute approximate surface area is 199 Å². The number of likely N-dealkylation sites (tertiary alicyclic amines) is 1. The summed E-state index contributed by atoms with van der Waals surface area (Å²) in [6, 6.07) is 7.04. The minimum Gasteiger partial charge on any atom is -0.494 e. The first-order valence-electron chi connectivity index (χ1n) is 12.6. The van der Waals surface area contributed by atoms with Gasteiger partial charge in [0.25, 0.3) is 0 Å². The second-order valence-corrected chi connectivity index (χ2v) is 9.10. The van der Waals surface area contributed by atoms with E-state index in [0.717, 1.165) is 75.8 Å². The lowest BCUT2D eigenvalue weighted by molar-refractivity contribution is -0.123. The van der Waals surface area contributed by atoms with Crippen molar-refractivity contribution in [3.63, 3.8) is 0 Å². The molecule has 0 bridgehead atoms. The highest BCUT2D eigenvalue weighted by molar-refractivity contribution is 5.76. The molecule has 7 heteroatoms. The maximum absolute atomic E-state index is 12.6. The highest BCUT2D eigenvalue weighted by Crippen LogP contribution is 2.23. The molecule has 1 aliphatic rings. The van der Waals surface area contributed by atoms with Crippen LogP contribution in [0.1, 0.15) is 76.4 Å². The number of hydrogen-bond donors (Lipinski definition) is 3. The summed E-state index contributed by atoms with van der Waals surface area (Å²) >= 11 is 0. The topological polar surface area (TPSA) is 91.3 Å². The number of unbranched alkanes of at least 4 members (excludes halogenated alkanes) is 5. The van der Waals surface area contributed by atoms with Crippen LogP contribution in [0, 0.1) is 0 Å². The van der Waals surface area contributed by atoms with Crippen molar-refractivity contribution < 1.29 is 24.5 Å². The predicted octanol–water partition coefficient (Wildman–Crippen LogP) is 3.44. The van der Waals surface area contributed by atoms with E-state index in [0.29, 0.717) is 26.1 Å². The maximum Gasteiger partial charge on any atom is 0.220 e. The van der Waals surface area contributed by atoms with Gasteiger partial charge in [0.15, 0.2) is 0 Å². The highest BCUT2D eigenvalue weighted by Gasteiger charge is 2.28. The number of amides is 1. The van der Waals surface area contributed by atoms with Crippen molar-refractivity contribution in [2.45, 2.75) is 83.0 Å². The van der Waals surface area contributed by atoms with Gasteiger partial charge in [-0.05, 0) is 43.4 Å². The Balaban J connectivity index is 1.89. The van der Waals surface area contributed by atoms with Crippen LogP contribution < -0.4 is 10.1 Å². The van der Waals surface area contributed by atoms with Gasteiger partial charge in [0, 0.05) is 39.8 Å². The number of ether oxygens (including phenoxy) is 2. The predicted molar refractivity (Wildman–Crippen MR) is 130 cm³/mol. The summed E-state index contributed by atoms with van der Waals surface area (Å²) in [5.74, 6) is 0.753. The molecule has 0 spiro atoms. The number of carbonyl (C=O) groups excluding carboxylic acids is 1. The van der Waals surface area contributed by atoms with E-state index >= 15 is 0 Å². The number of nitrogens with zero attached hydrogens (tertiary/aromatic N) is 1. The Morgan fingerprint density at radius 3 is 2.52 bits per heavy atom. The molecular weight excluding hydrogens is 420 g/mol. The van der Waals surface area contributed by atoms with Gasteiger partial charge in [-0.3, -0.25) is 9.69 Å². The minimum absolute atomic E-state index is 0.0322. The standard InChI is InChI=1S/C26H44N2O5/c1-3-4-18-33-23-13-11-21(12-14-23)26(31)24(20-28-16-15-22(29)19-28)27-25(30)10-8-6-5-7-9-17-32-2/h11-14,22,24,26,29,31H,3-10,15-20H2,1-2H3,(H,27,30)/t22-,24+,26-/m0/s1. The molecule has 0 aromatic heterocycles. The summed E-state index contributed by atoms with van der Waals surface area (Å²) in [7, 11) is 1.72. The van der Waals surface area contributed by atoms with E-state index in [2.05, 4.69) is 17.1 Å². The molecule has 0 saturated carbocycles. The highest BCUT2D eigenvalue weighted by atomic mass is 16.5. The molecule has 0 aliphatic carbocycles. The number of carbonyl (C=O) groups is 1. The van der Waals surface area contributed by atoms with E-state index in [1.165, 1.54) is 0 Å². The van der Waals surface area contributed by atoms with E-state index in [-0.39, 0.29) is 12.0 Å². The molecule has 0 unspecified atom stereocenters. The van der Waals surface area contributed by atoms with Crippen molar-refractivity contribution in [1.82, 2.24) is 10.2 Å². The fourth-order valence-corrected chi connectivity index (χ4v) is 4.15. The van der Waals surface area contributed by atoms with Gasteiger partial charge < -0.3 is 25.0 Å². The van der Waals surface area contributed by atoms with E-state index in [9.17, 15) is 15.0 Å². The summed E-state index contributed by atoms with van der Waals surface area (Å²) in [6.07, 6.45) is 7.24. The summed E-state index contributed by atoms with van der Waals surface area (Å²) in [6.45, 7) is 5.45. The molecule has 1 heterocycles. The van der Waals surface area contributed by atoms with Crippen LogP contribution in [0.3, 0.4) is 0 Å². The van der Waals surface area contributed by atoms with Crippen molar-refractivity contribution in [2.75, 3.05) is 40.0 Å². The lowest BCUT2D eigenvalue weighted by Crippen LogP contribution is -2.47. The van der Waals surface area contributed by atoms with Crippen LogP contribution in [-0.4, -0.2) is 73.1 Å². The molecule has 188 valence electrons. The number of hydrogen-bond acceptors (Lipinski definition) is 6. The molecule has 3 N–H and O–H groups in total. The van der Waals surface area contributed by atoms with Gasteiger partial charge in [0.05, 0.1) is 18.8 Å². The molecule has 0 radical (unpaired) electrons. The normalized spacial score (nSPS) is 18.2. The van der Waals surface area contributed by atoms with Crippen molar-refractivity contribution in [2.24, 2.45) is 0 Å². The van der Waals surface area contributed by atoms with Crippen LogP contribution >= 0.6 is 0 Å². The third-order valence-electron chi connectivity index (χ3n) is 6.17. The smallest absolute Gasteiger partial charge is 0.220 e. The van der Waals surface area contributed by atoms with Gasteiger partial charge in [-0.15, -0.1) is 0 Å². The van der Waals surface area contributed by atoms with Crippen molar-refractivity contribution in [3.8, 4) is 5.75 Å². The van der Waals surface area contributed by atoms with Crippen LogP contribution in [0.2, 0.25) is 0 Å². The van der Waals surface area contributed by atoms with Crippen LogP contribution in [0.4, 0.5) is 0 Å². The van der Waals surface area contributed by atoms with E-state index in [4.69, 9.17) is 9.47 Å². The summed E-state index contributed by atoms with van der Waals surface area (Å²) in [5, 5.41) is 24.0. The van der Waals surface area contributed by atoms with Gasteiger partial charge in [0.2, 0.25) is 5.91 Å². The van der Waals surface area contributed by atoms with Crippen molar-refractivity contribution in [1.29, 1.82) is 0 Å². The first kappa shape index (κ1) is 27.6. The van der Waals surface area contributed by atoms with E-state index < -0.39 is 12.1 Å². The minimum atomic E-state index is -0.828. The number of aliphatic hydroxyl groups excluding tert-OH is 2. The van der Waals surface area contributed by atoms with Crippen molar-refractivity contribution in [3.05, 3.63) is 29.8 Å². The molecule has 1 aliphatic heterocycles. The third-order valence-corrected chi connectivity index (χ3v) is 6.17. The zero-order valence-corrected chi connectivity index (χ0v) is 20.5. The molecule has 1 amide bonds. The van der Waals surface area contributed by atoms with Gasteiger partial charge in [-0.1, -0.05) is 44.7 Å². The Hall–Kier alpha value is -1.67. The fourth-order valence-electron chi connectivity index (χ4n) is 4.15. The molecular formula is C26H44N2O5. The van der Waals surface area contributed by atoms with Crippen LogP contribution in [0.5, 0.6) is 5.75 Å². The first-order valence-corrected chi connectivity index (χ1v) is 12.6. The Morgan fingerprint density at radius 1 is 1.12 bits per heavy atom. The molecule has 7 nitrogen and oxygen atoms in total. The molecule has 1 fully saturated rings. The zero-order valence-electron chi connectivity index (χ0n) is 20.5. The molecule has 1 aromatic rings.